The fraction of sp³-hybridized carbons (Fsp3) is 0.444. The summed E-state index contributed by atoms with van der Waals surface area (Å²) >= 11 is 0. The van der Waals surface area contributed by atoms with Crippen LogP contribution in [0.5, 0.6) is 0 Å². The molecule has 4 nitrogen and oxygen atoms in total. The monoisotopic (exact) mass is 296 g/mol. The summed E-state index contributed by atoms with van der Waals surface area (Å²) in [6, 6.07) is 10.4. The van der Waals surface area contributed by atoms with E-state index in [2.05, 4.69) is 64.4 Å². The standard InChI is InChI=1S/C18H24N4/c1-13-6-4-8-16(10-13)21-17-11-18(20-15(3)19-17)22-9-5-7-14(2)12-22/h4,6,8,10-11,14H,5,7,9,12H2,1-3H3,(H,19,20,21). The lowest BCUT2D eigenvalue weighted by atomic mass is 10.0. The van der Waals surface area contributed by atoms with Gasteiger partial charge in [-0.1, -0.05) is 19.1 Å². The zero-order valence-corrected chi connectivity index (χ0v) is 13.6. The van der Waals surface area contributed by atoms with Crippen molar-refractivity contribution in [2.75, 3.05) is 23.3 Å². The first-order valence-electron chi connectivity index (χ1n) is 8.04. The minimum absolute atomic E-state index is 0.734. The zero-order valence-electron chi connectivity index (χ0n) is 13.6. The molecule has 1 aliphatic rings. The largest absolute Gasteiger partial charge is 0.356 e. The Kier molecular flexibility index (Phi) is 4.27. The molecule has 1 aromatic carbocycles. The zero-order chi connectivity index (χ0) is 15.5. The van der Waals surface area contributed by atoms with Crippen molar-refractivity contribution in [2.24, 2.45) is 5.92 Å². The number of hydrogen-bond donors (Lipinski definition) is 1. The predicted molar refractivity (Wildman–Crippen MR) is 91.8 cm³/mol. The second-order valence-corrected chi connectivity index (χ2v) is 6.35. The highest BCUT2D eigenvalue weighted by Crippen LogP contribution is 2.24. The lowest BCUT2D eigenvalue weighted by molar-refractivity contribution is 0.444. The maximum absolute atomic E-state index is 4.63. The molecule has 0 saturated carbocycles. The maximum atomic E-state index is 4.63. The molecule has 2 aromatic rings. The minimum Gasteiger partial charge on any atom is -0.356 e. The highest BCUT2D eigenvalue weighted by molar-refractivity contribution is 5.60. The van der Waals surface area contributed by atoms with Crippen molar-refractivity contribution in [3.63, 3.8) is 0 Å². The average Bonchev–Trinajstić information content (AvgIpc) is 2.46. The van der Waals surface area contributed by atoms with Crippen LogP contribution in [0.4, 0.5) is 17.3 Å². The van der Waals surface area contributed by atoms with E-state index >= 15 is 0 Å². The van der Waals surface area contributed by atoms with Gasteiger partial charge in [-0.15, -0.1) is 0 Å². The molecule has 0 spiro atoms. The Balaban J connectivity index is 1.83. The van der Waals surface area contributed by atoms with Crippen LogP contribution in [0.25, 0.3) is 0 Å². The van der Waals surface area contributed by atoms with Gasteiger partial charge in [-0.3, -0.25) is 0 Å². The molecular weight excluding hydrogens is 272 g/mol. The van der Waals surface area contributed by atoms with Gasteiger partial charge in [0, 0.05) is 24.8 Å². The number of aryl methyl sites for hydroxylation is 2. The number of piperidine rings is 1. The van der Waals surface area contributed by atoms with Gasteiger partial charge in [0.25, 0.3) is 0 Å². The molecular formula is C18H24N4. The Morgan fingerprint density at radius 1 is 1.18 bits per heavy atom. The number of anilines is 3. The first kappa shape index (κ1) is 14.8. The molecule has 0 bridgehead atoms. The van der Waals surface area contributed by atoms with E-state index in [0.29, 0.717) is 0 Å². The van der Waals surface area contributed by atoms with Crippen molar-refractivity contribution in [1.82, 2.24) is 9.97 Å². The molecule has 1 aromatic heterocycles. The molecule has 2 heterocycles. The Bertz CT molecular complexity index is 653. The fourth-order valence-electron chi connectivity index (χ4n) is 3.05. The van der Waals surface area contributed by atoms with Crippen LogP contribution < -0.4 is 10.2 Å². The quantitative estimate of drug-likeness (QED) is 0.927. The van der Waals surface area contributed by atoms with Gasteiger partial charge in [0.2, 0.25) is 0 Å². The molecule has 0 amide bonds. The minimum atomic E-state index is 0.734. The Morgan fingerprint density at radius 3 is 2.82 bits per heavy atom. The van der Waals surface area contributed by atoms with Gasteiger partial charge in [0.1, 0.15) is 17.5 Å². The van der Waals surface area contributed by atoms with Crippen LogP contribution >= 0.6 is 0 Å². The van der Waals surface area contributed by atoms with Crippen molar-refractivity contribution in [3.05, 3.63) is 41.7 Å². The van der Waals surface area contributed by atoms with Crippen molar-refractivity contribution in [1.29, 1.82) is 0 Å². The fourth-order valence-corrected chi connectivity index (χ4v) is 3.05. The number of nitrogens with one attached hydrogen (secondary N) is 1. The van der Waals surface area contributed by atoms with E-state index in [1.807, 2.05) is 6.92 Å². The maximum Gasteiger partial charge on any atom is 0.136 e. The number of benzene rings is 1. The lowest BCUT2D eigenvalue weighted by Crippen LogP contribution is -2.35. The van der Waals surface area contributed by atoms with Gasteiger partial charge in [0.15, 0.2) is 0 Å². The first-order valence-corrected chi connectivity index (χ1v) is 8.04. The lowest BCUT2D eigenvalue weighted by Gasteiger charge is -2.32. The van der Waals surface area contributed by atoms with Gasteiger partial charge < -0.3 is 10.2 Å². The van der Waals surface area contributed by atoms with Crippen molar-refractivity contribution in [3.8, 4) is 0 Å². The first-order chi connectivity index (χ1) is 10.6. The third kappa shape index (κ3) is 3.56. The topological polar surface area (TPSA) is 41.0 Å². The second kappa shape index (κ2) is 6.34. The smallest absolute Gasteiger partial charge is 0.136 e. The number of hydrogen-bond acceptors (Lipinski definition) is 4. The molecule has 0 radical (unpaired) electrons. The van der Waals surface area contributed by atoms with E-state index < -0.39 is 0 Å². The van der Waals surface area contributed by atoms with Gasteiger partial charge in [-0.05, 0) is 50.3 Å². The van der Waals surface area contributed by atoms with E-state index in [1.54, 1.807) is 0 Å². The van der Waals surface area contributed by atoms with Crippen LogP contribution in [0.1, 0.15) is 31.2 Å². The molecule has 1 fully saturated rings. The summed E-state index contributed by atoms with van der Waals surface area (Å²) in [6.45, 7) is 8.53. The van der Waals surface area contributed by atoms with Crippen molar-refractivity contribution >= 4 is 17.3 Å². The number of nitrogens with zero attached hydrogens (tertiary/aromatic N) is 3. The van der Waals surface area contributed by atoms with Gasteiger partial charge >= 0.3 is 0 Å². The summed E-state index contributed by atoms with van der Waals surface area (Å²) in [7, 11) is 0. The molecule has 0 aliphatic carbocycles. The third-order valence-electron chi connectivity index (χ3n) is 4.10. The molecule has 4 heteroatoms. The van der Waals surface area contributed by atoms with Crippen LogP contribution in [0.3, 0.4) is 0 Å². The molecule has 116 valence electrons. The van der Waals surface area contributed by atoms with Crippen LogP contribution in [0.2, 0.25) is 0 Å². The highest BCUT2D eigenvalue weighted by Gasteiger charge is 2.18. The van der Waals surface area contributed by atoms with E-state index in [0.717, 1.165) is 42.2 Å². The molecule has 22 heavy (non-hydrogen) atoms. The molecule has 1 atom stereocenters. The normalized spacial score (nSPS) is 18.3. The third-order valence-corrected chi connectivity index (χ3v) is 4.10. The summed E-state index contributed by atoms with van der Waals surface area (Å²) in [4.78, 5) is 11.5. The average molecular weight is 296 g/mol. The van der Waals surface area contributed by atoms with Gasteiger partial charge in [0.05, 0.1) is 0 Å². The van der Waals surface area contributed by atoms with Crippen LogP contribution in [0.15, 0.2) is 30.3 Å². The summed E-state index contributed by atoms with van der Waals surface area (Å²) in [5.74, 6) is 3.45. The van der Waals surface area contributed by atoms with Gasteiger partial charge in [-0.25, -0.2) is 9.97 Å². The van der Waals surface area contributed by atoms with Crippen LogP contribution in [-0.4, -0.2) is 23.1 Å². The summed E-state index contributed by atoms with van der Waals surface area (Å²) in [5, 5.41) is 3.40. The van der Waals surface area contributed by atoms with E-state index in [1.165, 1.54) is 18.4 Å². The van der Waals surface area contributed by atoms with Gasteiger partial charge in [-0.2, -0.15) is 0 Å². The molecule has 1 N–H and O–H groups in total. The Labute approximate surface area is 132 Å². The van der Waals surface area contributed by atoms with E-state index in [9.17, 15) is 0 Å². The van der Waals surface area contributed by atoms with Crippen molar-refractivity contribution in [2.45, 2.75) is 33.6 Å². The summed E-state index contributed by atoms with van der Waals surface area (Å²) in [5.41, 5.74) is 2.30. The Morgan fingerprint density at radius 2 is 2.05 bits per heavy atom. The molecule has 1 saturated heterocycles. The Hall–Kier alpha value is -2.10. The van der Waals surface area contributed by atoms with E-state index in [4.69, 9.17) is 0 Å². The highest BCUT2D eigenvalue weighted by atomic mass is 15.2. The van der Waals surface area contributed by atoms with Crippen molar-refractivity contribution < 1.29 is 0 Å². The number of rotatable bonds is 3. The number of aromatic nitrogens is 2. The summed E-state index contributed by atoms with van der Waals surface area (Å²) < 4.78 is 0. The summed E-state index contributed by atoms with van der Waals surface area (Å²) in [6.07, 6.45) is 2.56. The second-order valence-electron chi connectivity index (χ2n) is 6.35. The van der Waals surface area contributed by atoms with E-state index in [-0.39, 0.29) is 0 Å². The van der Waals surface area contributed by atoms with Crippen LogP contribution in [-0.2, 0) is 0 Å². The molecule has 1 unspecified atom stereocenters. The SMILES string of the molecule is Cc1cccc(Nc2cc(N3CCCC(C)C3)nc(C)n2)c1. The van der Waals surface area contributed by atoms with Crippen LogP contribution in [0, 0.1) is 19.8 Å². The molecule has 3 rings (SSSR count). The molecule has 1 aliphatic heterocycles. The predicted octanol–water partition coefficient (Wildman–Crippen LogP) is 4.07.